The molecule has 212 valence electrons. The first-order chi connectivity index (χ1) is 17.7. The van der Waals surface area contributed by atoms with Crippen LogP contribution in [0, 0.1) is 0 Å². The number of rotatable bonds is 10. The van der Waals surface area contributed by atoms with Gasteiger partial charge >= 0.3 is 0 Å². The van der Waals surface area contributed by atoms with Crippen molar-refractivity contribution in [3.63, 3.8) is 0 Å². The minimum atomic E-state index is -3.60. The molecule has 1 heterocycles. The fourth-order valence-electron chi connectivity index (χ4n) is 4.02. The molecule has 2 aromatic rings. The number of nitrogens with zero attached hydrogens (tertiary/aromatic N) is 2. The number of methoxy groups -OCH3 is 1. The molecule has 0 unspecified atom stereocenters. The number of thioether (sulfide) groups is 2. The van der Waals surface area contributed by atoms with E-state index in [0.29, 0.717) is 39.3 Å². The molecular weight excluding hydrogens is 560 g/mol. The Balaban J connectivity index is 1.58. The summed E-state index contributed by atoms with van der Waals surface area (Å²) in [6.45, 7) is 16.8. The minimum absolute atomic E-state index is 0.127. The molecule has 0 bridgehead atoms. The van der Waals surface area contributed by atoms with Crippen molar-refractivity contribution in [2.24, 2.45) is 0 Å². The van der Waals surface area contributed by atoms with Crippen LogP contribution in [0.25, 0.3) is 0 Å². The Morgan fingerprint density at radius 2 is 1.53 bits per heavy atom. The lowest BCUT2D eigenvalue weighted by molar-refractivity contribution is 0.157. The van der Waals surface area contributed by atoms with Crippen molar-refractivity contribution in [2.75, 3.05) is 46.4 Å². The lowest BCUT2D eigenvalue weighted by atomic mass is 10.2. The largest absolute Gasteiger partial charge is 0.493 e. The molecule has 1 saturated heterocycles. The Kier molecular flexibility index (Phi) is 10.8. The van der Waals surface area contributed by atoms with Crippen LogP contribution in [0.3, 0.4) is 0 Å². The smallest absolute Gasteiger partial charge is 0.244 e. The molecule has 0 atom stereocenters. The van der Waals surface area contributed by atoms with Crippen LogP contribution in [0.5, 0.6) is 11.5 Å². The molecule has 1 aliphatic rings. The standard InChI is InChI=1S/C28H41ClN2O4S3/c1-27(2,3)36-26(37-28(4,5)6)21-12-13-23(24(20-21)34-7)35-19-18-30-14-16-31(17-15-30)38(32,33)25-11-9-8-10-22(25)29/h8-13,20,26H,14-19H2,1-7H3. The van der Waals surface area contributed by atoms with E-state index in [1.807, 2.05) is 29.6 Å². The minimum Gasteiger partial charge on any atom is -0.493 e. The molecule has 6 nitrogen and oxygen atoms in total. The summed E-state index contributed by atoms with van der Waals surface area (Å²) in [6, 6.07) is 12.8. The predicted octanol–water partition coefficient (Wildman–Crippen LogP) is 6.80. The zero-order chi connectivity index (χ0) is 28.1. The molecule has 1 fully saturated rings. The zero-order valence-electron chi connectivity index (χ0n) is 23.5. The number of hydrogen-bond donors (Lipinski definition) is 0. The highest BCUT2D eigenvalue weighted by Gasteiger charge is 2.30. The van der Waals surface area contributed by atoms with E-state index in [9.17, 15) is 8.42 Å². The number of hydrogen-bond acceptors (Lipinski definition) is 7. The molecule has 0 saturated carbocycles. The fraction of sp³-hybridized carbons (Fsp3) is 0.571. The monoisotopic (exact) mass is 600 g/mol. The van der Waals surface area contributed by atoms with Crippen LogP contribution in [0.2, 0.25) is 5.02 Å². The zero-order valence-corrected chi connectivity index (χ0v) is 26.7. The second-order valence-electron chi connectivity index (χ2n) is 11.2. The molecule has 10 heteroatoms. The first kappa shape index (κ1) is 31.4. The van der Waals surface area contributed by atoms with E-state index in [1.54, 1.807) is 31.4 Å². The molecule has 0 N–H and O–H groups in total. The number of benzene rings is 2. The summed E-state index contributed by atoms with van der Waals surface area (Å²) in [4.78, 5) is 2.38. The Labute approximate surface area is 242 Å². The second kappa shape index (κ2) is 13.0. The average molecular weight is 601 g/mol. The molecular formula is C28H41ClN2O4S3. The van der Waals surface area contributed by atoms with Gasteiger partial charge in [-0.25, -0.2) is 8.42 Å². The molecule has 0 aromatic heterocycles. The summed E-state index contributed by atoms with van der Waals surface area (Å²) in [7, 11) is -1.93. The Hall–Kier alpha value is -1.10. The summed E-state index contributed by atoms with van der Waals surface area (Å²) in [6.07, 6.45) is 0. The lowest BCUT2D eigenvalue weighted by Crippen LogP contribution is -2.49. The molecule has 0 aliphatic carbocycles. The fourth-order valence-corrected chi connectivity index (χ4v) is 9.71. The van der Waals surface area contributed by atoms with Crippen LogP contribution >= 0.6 is 35.1 Å². The summed E-state index contributed by atoms with van der Waals surface area (Å²) < 4.78 is 39.8. The normalized spacial score (nSPS) is 16.1. The van der Waals surface area contributed by atoms with Gasteiger partial charge < -0.3 is 9.47 Å². The van der Waals surface area contributed by atoms with Crippen LogP contribution in [-0.4, -0.2) is 73.6 Å². The molecule has 0 amide bonds. The quantitative estimate of drug-likeness (QED) is 0.278. The molecule has 1 aliphatic heterocycles. The molecule has 2 aromatic carbocycles. The van der Waals surface area contributed by atoms with Gasteiger partial charge in [0.2, 0.25) is 10.0 Å². The van der Waals surface area contributed by atoms with Gasteiger partial charge in [-0.2, -0.15) is 4.31 Å². The SMILES string of the molecule is COc1cc(C(SC(C)(C)C)SC(C)(C)C)ccc1OCCN1CCN(S(=O)(=O)c2ccccc2Cl)CC1. The van der Waals surface area contributed by atoms with Gasteiger partial charge in [-0.05, 0) is 29.8 Å². The van der Waals surface area contributed by atoms with Crippen LogP contribution in [0.1, 0.15) is 51.7 Å². The maximum absolute atomic E-state index is 13.0. The number of sulfonamides is 1. The maximum Gasteiger partial charge on any atom is 0.244 e. The highest BCUT2D eigenvalue weighted by molar-refractivity contribution is 8.17. The molecule has 0 spiro atoms. The van der Waals surface area contributed by atoms with E-state index in [0.717, 1.165) is 11.5 Å². The summed E-state index contributed by atoms with van der Waals surface area (Å²) >= 11 is 10.0. The van der Waals surface area contributed by atoms with Gasteiger partial charge in [-0.3, -0.25) is 4.90 Å². The van der Waals surface area contributed by atoms with E-state index in [-0.39, 0.29) is 24.0 Å². The van der Waals surface area contributed by atoms with Crippen molar-refractivity contribution in [1.29, 1.82) is 0 Å². The summed E-state index contributed by atoms with van der Waals surface area (Å²) in [5.41, 5.74) is 1.21. The number of piperazine rings is 1. The van der Waals surface area contributed by atoms with Crippen molar-refractivity contribution in [1.82, 2.24) is 9.21 Å². The van der Waals surface area contributed by atoms with Gasteiger partial charge in [0.25, 0.3) is 0 Å². The van der Waals surface area contributed by atoms with Gasteiger partial charge in [0.05, 0.1) is 16.7 Å². The molecule has 3 rings (SSSR count). The summed E-state index contributed by atoms with van der Waals surface area (Å²) in [5.74, 6) is 1.45. The van der Waals surface area contributed by atoms with Crippen LogP contribution in [0.15, 0.2) is 47.4 Å². The third-order valence-electron chi connectivity index (χ3n) is 5.83. The van der Waals surface area contributed by atoms with E-state index >= 15 is 0 Å². The summed E-state index contributed by atoms with van der Waals surface area (Å²) in [5, 5.41) is 0.253. The van der Waals surface area contributed by atoms with Crippen LogP contribution in [0.4, 0.5) is 0 Å². The van der Waals surface area contributed by atoms with E-state index in [1.165, 1.54) is 9.87 Å². The maximum atomic E-state index is 13.0. The highest BCUT2D eigenvalue weighted by atomic mass is 35.5. The van der Waals surface area contributed by atoms with E-state index < -0.39 is 10.0 Å². The van der Waals surface area contributed by atoms with Gasteiger partial charge in [0.1, 0.15) is 11.5 Å². The van der Waals surface area contributed by atoms with Gasteiger partial charge in [0.15, 0.2) is 11.5 Å². The van der Waals surface area contributed by atoms with Crippen molar-refractivity contribution >= 4 is 45.1 Å². The van der Waals surface area contributed by atoms with Crippen molar-refractivity contribution in [2.45, 2.75) is 60.5 Å². The highest BCUT2D eigenvalue weighted by Crippen LogP contribution is 2.51. The van der Waals surface area contributed by atoms with Gasteiger partial charge in [0, 0.05) is 42.2 Å². The van der Waals surface area contributed by atoms with Crippen molar-refractivity contribution < 1.29 is 17.9 Å². The first-order valence-corrected chi connectivity index (χ1v) is 16.4. The Morgan fingerprint density at radius 3 is 2.08 bits per heavy atom. The Morgan fingerprint density at radius 1 is 0.921 bits per heavy atom. The number of halogens is 1. The lowest BCUT2D eigenvalue weighted by Gasteiger charge is -2.34. The predicted molar refractivity (Wildman–Crippen MR) is 163 cm³/mol. The van der Waals surface area contributed by atoms with Crippen LogP contribution in [-0.2, 0) is 10.0 Å². The van der Waals surface area contributed by atoms with Gasteiger partial charge in [-0.15, -0.1) is 23.5 Å². The second-order valence-corrected chi connectivity index (χ2v) is 17.7. The van der Waals surface area contributed by atoms with Crippen LogP contribution < -0.4 is 9.47 Å². The van der Waals surface area contributed by atoms with E-state index in [2.05, 4.69) is 58.6 Å². The van der Waals surface area contributed by atoms with Gasteiger partial charge in [-0.1, -0.05) is 71.3 Å². The third-order valence-corrected chi connectivity index (χ3v) is 11.2. The average Bonchev–Trinajstić information content (AvgIpc) is 2.82. The number of ether oxygens (including phenoxy) is 2. The van der Waals surface area contributed by atoms with Crippen molar-refractivity contribution in [3.05, 3.63) is 53.1 Å². The topological polar surface area (TPSA) is 59.1 Å². The third kappa shape index (κ3) is 8.96. The molecule has 0 radical (unpaired) electrons. The van der Waals surface area contributed by atoms with E-state index in [4.69, 9.17) is 21.1 Å². The Bertz CT molecular complexity index is 1160. The first-order valence-electron chi connectivity index (χ1n) is 12.8. The van der Waals surface area contributed by atoms with Crippen molar-refractivity contribution in [3.8, 4) is 11.5 Å². The molecule has 38 heavy (non-hydrogen) atoms.